The molecule has 118 valence electrons. The molecule has 1 aliphatic rings. The van der Waals surface area contributed by atoms with E-state index >= 15 is 0 Å². The van der Waals surface area contributed by atoms with Crippen LogP contribution in [0.5, 0.6) is 0 Å². The highest BCUT2D eigenvalue weighted by Crippen LogP contribution is 2.47. The second-order valence-corrected chi connectivity index (χ2v) is 6.48. The maximum atomic E-state index is 12.2. The van der Waals surface area contributed by atoms with Gasteiger partial charge in [-0.15, -0.1) is 0 Å². The van der Waals surface area contributed by atoms with Crippen LogP contribution in [0.1, 0.15) is 30.4 Å². The summed E-state index contributed by atoms with van der Waals surface area (Å²) in [6, 6.07) is 15.4. The van der Waals surface area contributed by atoms with Gasteiger partial charge in [0.05, 0.1) is 15.8 Å². The van der Waals surface area contributed by atoms with Crippen LogP contribution in [0, 0.1) is 5.92 Å². The third-order valence-electron chi connectivity index (χ3n) is 4.03. The normalized spacial score (nSPS) is 20.2. The zero-order valence-electron chi connectivity index (χ0n) is 12.6. The van der Waals surface area contributed by atoms with Crippen LogP contribution in [-0.2, 0) is 4.79 Å². The van der Waals surface area contributed by atoms with Gasteiger partial charge in [-0.05, 0) is 42.5 Å². The van der Waals surface area contributed by atoms with Gasteiger partial charge in [-0.2, -0.15) is 5.10 Å². The first-order chi connectivity index (χ1) is 11.1. The average Bonchev–Trinajstić information content (AvgIpc) is 3.36. The highest BCUT2D eigenvalue weighted by Gasteiger charge is 2.43. The van der Waals surface area contributed by atoms with E-state index in [1.165, 1.54) is 5.56 Å². The van der Waals surface area contributed by atoms with Gasteiger partial charge < -0.3 is 0 Å². The van der Waals surface area contributed by atoms with Crippen LogP contribution >= 0.6 is 23.2 Å². The summed E-state index contributed by atoms with van der Waals surface area (Å²) in [6.45, 7) is 1.82. The lowest BCUT2D eigenvalue weighted by Crippen LogP contribution is -2.21. The molecule has 3 rings (SSSR count). The molecule has 23 heavy (non-hydrogen) atoms. The topological polar surface area (TPSA) is 41.5 Å². The zero-order chi connectivity index (χ0) is 16.4. The third-order valence-corrected chi connectivity index (χ3v) is 4.77. The van der Waals surface area contributed by atoms with Crippen LogP contribution in [0.3, 0.4) is 0 Å². The lowest BCUT2D eigenvalue weighted by molar-refractivity contribution is -0.122. The van der Waals surface area contributed by atoms with E-state index in [9.17, 15) is 4.79 Å². The van der Waals surface area contributed by atoms with E-state index in [1.54, 1.807) is 12.1 Å². The van der Waals surface area contributed by atoms with Crippen molar-refractivity contribution in [3.63, 3.8) is 0 Å². The Hall–Kier alpha value is -1.84. The van der Waals surface area contributed by atoms with Crippen molar-refractivity contribution in [3.05, 3.63) is 69.7 Å². The Morgan fingerprint density at radius 3 is 2.57 bits per heavy atom. The van der Waals surface area contributed by atoms with Gasteiger partial charge in [0.15, 0.2) is 0 Å². The Kier molecular flexibility index (Phi) is 4.69. The molecule has 2 unspecified atom stereocenters. The van der Waals surface area contributed by atoms with E-state index < -0.39 is 0 Å². The molecule has 0 bridgehead atoms. The number of carbonyl (C=O) groups is 1. The summed E-state index contributed by atoms with van der Waals surface area (Å²) in [4.78, 5) is 12.2. The van der Waals surface area contributed by atoms with Gasteiger partial charge in [-0.3, -0.25) is 4.79 Å². The Balaban J connectivity index is 1.61. The Labute approximate surface area is 145 Å². The van der Waals surface area contributed by atoms with Crippen molar-refractivity contribution in [1.29, 1.82) is 0 Å². The van der Waals surface area contributed by atoms with E-state index in [4.69, 9.17) is 23.2 Å². The van der Waals surface area contributed by atoms with Crippen LogP contribution in [-0.4, -0.2) is 11.6 Å². The minimum atomic E-state index is -0.0433. The molecule has 1 saturated carbocycles. The van der Waals surface area contributed by atoms with Gasteiger partial charge >= 0.3 is 0 Å². The summed E-state index contributed by atoms with van der Waals surface area (Å²) in [6.07, 6.45) is 0.872. The molecule has 0 aromatic heterocycles. The standard InChI is InChI=1S/C18H16Cl2N2O/c1-11(13-7-8-16(19)17(20)9-13)21-22-18(23)15-10-14(15)12-5-3-2-4-6-12/h2-9,14-15H,10H2,1H3,(H,22,23)/b21-11+. The van der Waals surface area contributed by atoms with Crippen molar-refractivity contribution >= 4 is 34.8 Å². The van der Waals surface area contributed by atoms with Gasteiger partial charge in [-0.1, -0.05) is 59.6 Å². The van der Waals surface area contributed by atoms with Crippen molar-refractivity contribution in [3.8, 4) is 0 Å². The highest BCUT2D eigenvalue weighted by atomic mass is 35.5. The summed E-state index contributed by atoms with van der Waals surface area (Å²) in [5.74, 6) is 0.262. The van der Waals surface area contributed by atoms with Crippen LogP contribution < -0.4 is 5.43 Å². The van der Waals surface area contributed by atoms with Crippen LogP contribution in [0.25, 0.3) is 0 Å². The van der Waals surface area contributed by atoms with Crippen molar-refractivity contribution in [1.82, 2.24) is 5.43 Å². The van der Waals surface area contributed by atoms with Gasteiger partial charge in [0.2, 0.25) is 5.91 Å². The number of hydrogen-bond donors (Lipinski definition) is 1. The largest absolute Gasteiger partial charge is 0.273 e. The summed E-state index contributed by atoms with van der Waals surface area (Å²) >= 11 is 11.9. The minimum Gasteiger partial charge on any atom is -0.273 e. The number of hydrazone groups is 1. The Morgan fingerprint density at radius 2 is 1.87 bits per heavy atom. The molecule has 0 heterocycles. The van der Waals surface area contributed by atoms with Gasteiger partial charge in [0, 0.05) is 5.92 Å². The van der Waals surface area contributed by atoms with E-state index in [2.05, 4.69) is 22.7 Å². The number of hydrogen-bond acceptors (Lipinski definition) is 2. The fraction of sp³-hybridized carbons (Fsp3) is 0.222. The lowest BCUT2D eigenvalue weighted by atomic mass is 10.1. The quantitative estimate of drug-likeness (QED) is 0.635. The first kappa shape index (κ1) is 16.0. The van der Waals surface area contributed by atoms with Gasteiger partial charge in [0.1, 0.15) is 0 Å². The van der Waals surface area contributed by atoms with Crippen molar-refractivity contribution < 1.29 is 4.79 Å². The average molecular weight is 347 g/mol. The molecule has 3 nitrogen and oxygen atoms in total. The molecule has 2 aromatic rings. The molecule has 0 saturated heterocycles. The fourth-order valence-electron chi connectivity index (χ4n) is 2.56. The molecule has 5 heteroatoms. The molecule has 0 aliphatic heterocycles. The van der Waals surface area contributed by atoms with E-state index in [0.717, 1.165) is 12.0 Å². The predicted molar refractivity (Wildman–Crippen MR) is 94.1 cm³/mol. The first-order valence-electron chi connectivity index (χ1n) is 7.41. The molecular weight excluding hydrogens is 331 g/mol. The maximum Gasteiger partial charge on any atom is 0.243 e. The third kappa shape index (κ3) is 3.74. The number of benzene rings is 2. The first-order valence-corrected chi connectivity index (χ1v) is 8.16. The smallest absolute Gasteiger partial charge is 0.243 e. The molecular formula is C18H16Cl2N2O. The number of halogens is 2. The predicted octanol–water partition coefficient (Wildman–Crippen LogP) is 4.64. The Bertz CT molecular complexity index is 759. The van der Waals surface area contributed by atoms with Crippen LogP contribution in [0.15, 0.2) is 53.6 Å². The number of amides is 1. The van der Waals surface area contributed by atoms with E-state index in [1.807, 2.05) is 31.2 Å². The van der Waals surface area contributed by atoms with Gasteiger partial charge in [-0.25, -0.2) is 5.43 Å². The highest BCUT2D eigenvalue weighted by molar-refractivity contribution is 6.42. The van der Waals surface area contributed by atoms with Crippen molar-refractivity contribution in [2.45, 2.75) is 19.3 Å². The Morgan fingerprint density at radius 1 is 1.13 bits per heavy atom. The SMILES string of the molecule is C/C(=N\NC(=O)C1CC1c1ccccc1)c1ccc(Cl)c(Cl)c1. The van der Waals surface area contributed by atoms with Gasteiger partial charge in [0.25, 0.3) is 0 Å². The number of rotatable bonds is 4. The minimum absolute atomic E-state index is 0.00255. The molecule has 1 N–H and O–H groups in total. The zero-order valence-corrected chi connectivity index (χ0v) is 14.1. The van der Waals surface area contributed by atoms with E-state index in [0.29, 0.717) is 21.7 Å². The molecule has 2 aromatic carbocycles. The van der Waals surface area contributed by atoms with Crippen molar-refractivity contribution in [2.75, 3.05) is 0 Å². The van der Waals surface area contributed by atoms with E-state index in [-0.39, 0.29) is 11.8 Å². The molecule has 1 amide bonds. The monoisotopic (exact) mass is 346 g/mol. The lowest BCUT2D eigenvalue weighted by Gasteiger charge is -2.04. The van der Waals surface area contributed by atoms with Crippen LogP contribution in [0.4, 0.5) is 0 Å². The maximum absolute atomic E-state index is 12.2. The number of carbonyl (C=O) groups excluding carboxylic acids is 1. The second-order valence-electron chi connectivity index (χ2n) is 5.66. The summed E-state index contributed by atoms with van der Waals surface area (Å²) in [5.41, 5.74) is 5.37. The molecule has 2 atom stereocenters. The second kappa shape index (κ2) is 6.73. The fourth-order valence-corrected chi connectivity index (χ4v) is 2.86. The number of nitrogens with one attached hydrogen (secondary N) is 1. The summed E-state index contributed by atoms with van der Waals surface area (Å²) < 4.78 is 0. The van der Waals surface area contributed by atoms with Crippen LogP contribution in [0.2, 0.25) is 10.0 Å². The molecule has 0 radical (unpaired) electrons. The molecule has 1 aliphatic carbocycles. The van der Waals surface area contributed by atoms with Crippen molar-refractivity contribution in [2.24, 2.45) is 11.0 Å². The summed E-state index contributed by atoms with van der Waals surface area (Å²) in [5, 5.41) is 5.13. The molecule has 0 spiro atoms. The number of nitrogens with zero attached hydrogens (tertiary/aromatic N) is 1. The molecule has 1 fully saturated rings. The summed E-state index contributed by atoms with van der Waals surface area (Å²) in [7, 11) is 0.